The standard InChI is InChI=1S/C13H13F2N5O3/c1-19-3-2-16-6-10(19)12-17-13(23-18-12)8-4-7(20(21)22)5-9(14)11(8)15/h4-5,10,16H,2-3,6H2,1H3. The quantitative estimate of drug-likeness (QED) is 0.674. The van der Waals surface area contributed by atoms with Gasteiger partial charge >= 0.3 is 0 Å². The zero-order valence-corrected chi connectivity index (χ0v) is 12.1. The first-order valence-electron chi connectivity index (χ1n) is 6.85. The Bertz CT molecular complexity index is 751. The van der Waals surface area contributed by atoms with E-state index in [1.54, 1.807) is 0 Å². The van der Waals surface area contributed by atoms with Crippen LogP contribution >= 0.6 is 0 Å². The van der Waals surface area contributed by atoms with E-state index in [2.05, 4.69) is 15.5 Å². The van der Waals surface area contributed by atoms with Gasteiger partial charge in [0.05, 0.1) is 22.6 Å². The summed E-state index contributed by atoms with van der Waals surface area (Å²) < 4.78 is 32.4. The highest BCUT2D eigenvalue weighted by Gasteiger charge is 2.27. The lowest BCUT2D eigenvalue weighted by Crippen LogP contribution is -2.44. The minimum Gasteiger partial charge on any atom is -0.334 e. The van der Waals surface area contributed by atoms with Crippen LogP contribution in [0.4, 0.5) is 14.5 Å². The van der Waals surface area contributed by atoms with Crippen LogP contribution in [0.25, 0.3) is 11.5 Å². The molecule has 0 saturated carbocycles. The smallest absolute Gasteiger partial charge is 0.273 e. The fourth-order valence-corrected chi connectivity index (χ4v) is 2.41. The van der Waals surface area contributed by atoms with E-state index in [1.165, 1.54) is 0 Å². The third-order valence-corrected chi connectivity index (χ3v) is 3.71. The number of hydrogen-bond acceptors (Lipinski definition) is 7. The van der Waals surface area contributed by atoms with E-state index in [9.17, 15) is 18.9 Å². The van der Waals surface area contributed by atoms with Crippen LogP contribution in [-0.2, 0) is 0 Å². The number of benzene rings is 1. The van der Waals surface area contributed by atoms with Gasteiger partial charge in [-0.2, -0.15) is 4.98 Å². The monoisotopic (exact) mass is 325 g/mol. The molecule has 1 aromatic heterocycles. The Balaban J connectivity index is 1.98. The molecule has 1 aliphatic rings. The molecule has 8 nitrogen and oxygen atoms in total. The van der Waals surface area contributed by atoms with E-state index < -0.39 is 27.8 Å². The molecule has 3 rings (SSSR count). The van der Waals surface area contributed by atoms with Gasteiger partial charge in [0.1, 0.15) is 0 Å². The van der Waals surface area contributed by atoms with Crippen molar-refractivity contribution in [1.29, 1.82) is 0 Å². The Morgan fingerprint density at radius 1 is 1.48 bits per heavy atom. The van der Waals surface area contributed by atoms with Gasteiger partial charge in [-0.15, -0.1) is 0 Å². The summed E-state index contributed by atoms with van der Waals surface area (Å²) in [6.45, 7) is 2.18. The molecule has 2 heterocycles. The van der Waals surface area contributed by atoms with Crippen molar-refractivity contribution in [3.05, 3.63) is 39.7 Å². The predicted molar refractivity (Wildman–Crippen MR) is 74.5 cm³/mol. The van der Waals surface area contributed by atoms with Crippen LogP contribution in [0.5, 0.6) is 0 Å². The maximum Gasteiger partial charge on any atom is 0.273 e. The maximum absolute atomic E-state index is 13.9. The number of nitrogens with zero attached hydrogens (tertiary/aromatic N) is 4. The van der Waals surface area contributed by atoms with Crippen molar-refractivity contribution >= 4 is 5.69 Å². The van der Waals surface area contributed by atoms with E-state index in [-0.39, 0.29) is 11.9 Å². The fourth-order valence-electron chi connectivity index (χ4n) is 2.41. The Hall–Kier alpha value is -2.46. The molecule has 10 heteroatoms. The molecule has 1 aliphatic heterocycles. The van der Waals surface area contributed by atoms with Crippen LogP contribution in [0.2, 0.25) is 0 Å². The van der Waals surface area contributed by atoms with Crippen molar-refractivity contribution in [2.24, 2.45) is 0 Å². The lowest BCUT2D eigenvalue weighted by atomic mass is 10.1. The molecule has 2 aromatic rings. The molecule has 1 saturated heterocycles. The summed E-state index contributed by atoms with van der Waals surface area (Å²) in [5.41, 5.74) is -1.02. The third-order valence-electron chi connectivity index (χ3n) is 3.71. The van der Waals surface area contributed by atoms with Crippen molar-refractivity contribution in [3.8, 4) is 11.5 Å². The first-order chi connectivity index (χ1) is 11.0. The predicted octanol–water partition coefficient (Wildman–Crippen LogP) is 1.50. The van der Waals surface area contributed by atoms with Crippen LogP contribution in [0.3, 0.4) is 0 Å². The summed E-state index contributed by atoms with van der Waals surface area (Å²) in [4.78, 5) is 16.0. The van der Waals surface area contributed by atoms with Crippen molar-refractivity contribution in [1.82, 2.24) is 20.4 Å². The first-order valence-corrected chi connectivity index (χ1v) is 6.85. The molecule has 1 fully saturated rings. The van der Waals surface area contributed by atoms with Gasteiger partial charge in [-0.1, -0.05) is 5.16 Å². The normalized spacial score (nSPS) is 19.0. The molecule has 0 bridgehead atoms. The second kappa shape index (κ2) is 5.97. The zero-order valence-electron chi connectivity index (χ0n) is 12.1. The van der Waals surface area contributed by atoms with Gasteiger partial charge in [0, 0.05) is 25.7 Å². The molecule has 122 valence electrons. The summed E-state index contributed by atoms with van der Waals surface area (Å²) >= 11 is 0. The number of halogens is 2. The zero-order chi connectivity index (χ0) is 16.6. The molecule has 1 atom stereocenters. The average Bonchev–Trinajstić information content (AvgIpc) is 2.99. The van der Waals surface area contributed by atoms with E-state index in [0.29, 0.717) is 18.4 Å². The molecule has 0 aliphatic carbocycles. The Morgan fingerprint density at radius 2 is 2.26 bits per heavy atom. The highest BCUT2D eigenvalue weighted by molar-refractivity contribution is 5.59. The molecule has 1 aromatic carbocycles. The molecule has 1 unspecified atom stereocenters. The van der Waals surface area contributed by atoms with Gasteiger partial charge in [-0.25, -0.2) is 8.78 Å². The molecular weight excluding hydrogens is 312 g/mol. The van der Waals surface area contributed by atoms with E-state index in [4.69, 9.17) is 4.52 Å². The van der Waals surface area contributed by atoms with Crippen LogP contribution in [-0.4, -0.2) is 46.6 Å². The number of piperazine rings is 1. The minimum absolute atomic E-state index is 0.173. The summed E-state index contributed by atoms with van der Waals surface area (Å²) in [7, 11) is 1.88. The number of likely N-dealkylation sites (N-methyl/N-ethyl adjacent to an activating group) is 1. The topological polar surface area (TPSA) is 97.3 Å². The second-order valence-corrected chi connectivity index (χ2v) is 5.20. The highest BCUT2D eigenvalue weighted by atomic mass is 19.2. The number of rotatable bonds is 3. The largest absolute Gasteiger partial charge is 0.334 e. The lowest BCUT2D eigenvalue weighted by Gasteiger charge is -2.30. The molecule has 23 heavy (non-hydrogen) atoms. The van der Waals surface area contributed by atoms with Gasteiger partial charge < -0.3 is 9.84 Å². The summed E-state index contributed by atoms with van der Waals surface area (Å²) in [6, 6.07) is 1.21. The van der Waals surface area contributed by atoms with Crippen molar-refractivity contribution in [2.75, 3.05) is 26.7 Å². The van der Waals surface area contributed by atoms with Crippen LogP contribution in [0, 0.1) is 21.7 Å². The van der Waals surface area contributed by atoms with E-state index >= 15 is 0 Å². The van der Waals surface area contributed by atoms with Crippen molar-refractivity contribution < 1.29 is 18.2 Å². The fraction of sp³-hybridized carbons (Fsp3) is 0.385. The summed E-state index contributed by atoms with van der Waals surface area (Å²) in [5.74, 6) is -2.59. The van der Waals surface area contributed by atoms with Crippen LogP contribution in [0.15, 0.2) is 16.7 Å². The number of nitro benzene ring substituents is 1. The van der Waals surface area contributed by atoms with Crippen LogP contribution < -0.4 is 5.32 Å². The maximum atomic E-state index is 13.9. The van der Waals surface area contributed by atoms with Gasteiger partial charge in [-0.05, 0) is 7.05 Å². The summed E-state index contributed by atoms with van der Waals surface area (Å²) in [5, 5.41) is 17.7. The number of non-ortho nitro benzene ring substituents is 1. The Morgan fingerprint density at radius 3 is 2.96 bits per heavy atom. The molecule has 0 radical (unpaired) electrons. The molecule has 0 spiro atoms. The number of nitro groups is 1. The first kappa shape index (κ1) is 15.4. The molecule has 0 amide bonds. The third kappa shape index (κ3) is 2.90. The van der Waals surface area contributed by atoms with Crippen molar-refractivity contribution in [2.45, 2.75) is 6.04 Å². The Labute approximate surface area is 129 Å². The second-order valence-electron chi connectivity index (χ2n) is 5.20. The highest BCUT2D eigenvalue weighted by Crippen LogP contribution is 2.29. The van der Waals surface area contributed by atoms with Gasteiger partial charge in [0.25, 0.3) is 11.6 Å². The van der Waals surface area contributed by atoms with Gasteiger partial charge in [0.15, 0.2) is 17.5 Å². The molecular formula is C13H13F2N5O3. The molecule has 1 N–H and O–H groups in total. The Kier molecular flexibility index (Phi) is 4.01. The summed E-state index contributed by atoms with van der Waals surface area (Å²) in [6.07, 6.45) is 0. The SMILES string of the molecule is CN1CCNCC1c1noc(-c2cc([N+](=O)[O-])cc(F)c2F)n1. The van der Waals surface area contributed by atoms with Gasteiger partial charge in [0.2, 0.25) is 0 Å². The lowest BCUT2D eigenvalue weighted by molar-refractivity contribution is -0.385. The van der Waals surface area contributed by atoms with E-state index in [0.717, 1.165) is 19.2 Å². The van der Waals surface area contributed by atoms with E-state index in [1.807, 2.05) is 11.9 Å². The van der Waals surface area contributed by atoms with Crippen molar-refractivity contribution in [3.63, 3.8) is 0 Å². The number of aromatic nitrogens is 2. The number of hydrogen-bond donors (Lipinski definition) is 1. The average molecular weight is 325 g/mol. The number of nitrogens with one attached hydrogen (secondary N) is 1. The van der Waals surface area contributed by atoms with Gasteiger partial charge in [-0.3, -0.25) is 15.0 Å². The van der Waals surface area contributed by atoms with Crippen LogP contribution in [0.1, 0.15) is 11.9 Å². The minimum atomic E-state index is -1.34.